The third-order valence-corrected chi connectivity index (χ3v) is 3.25. The number of hydrogen-bond donors (Lipinski definition) is 0. The summed E-state index contributed by atoms with van der Waals surface area (Å²) in [4.78, 5) is 18.8. The van der Waals surface area contributed by atoms with Crippen LogP contribution in [0.1, 0.15) is 4.88 Å². The largest absolute Gasteiger partial charge is 0.480 e. The Hall–Kier alpha value is -1.89. The number of methoxy groups -OCH3 is 1. The van der Waals surface area contributed by atoms with E-state index in [1.54, 1.807) is 31.5 Å². The smallest absolute Gasteiger partial charge is 0.293 e. The maximum absolute atomic E-state index is 11.9. The summed E-state index contributed by atoms with van der Waals surface area (Å²) in [6.45, 7) is 0.577. The molecule has 2 aromatic rings. The minimum Gasteiger partial charge on any atom is -0.480 e. The topological polar surface area (TPSA) is 60.2 Å². The highest BCUT2D eigenvalue weighted by Gasteiger charge is 2.11. The normalized spacial score (nSPS) is 10.4. The lowest BCUT2D eigenvalue weighted by atomic mass is 10.4. The molecule has 2 rings (SSSR count). The molecular weight excluding hydrogens is 252 g/mol. The molecule has 0 atom stereocenters. The second-order valence-corrected chi connectivity index (χ2v) is 4.75. The van der Waals surface area contributed by atoms with E-state index in [1.165, 1.54) is 16.1 Å². The van der Waals surface area contributed by atoms with Crippen molar-refractivity contribution in [1.29, 1.82) is 0 Å². The van der Waals surface area contributed by atoms with Gasteiger partial charge in [0.2, 0.25) is 5.88 Å². The van der Waals surface area contributed by atoms with Gasteiger partial charge in [0.1, 0.15) is 0 Å². The van der Waals surface area contributed by atoms with Crippen molar-refractivity contribution in [2.45, 2.75) is 6.54 Å². The van der Waals surface area contributed by atoms with Gasteiger partial charge < -0.3 is 14.2 Å². The zero-order valence-corrected chi connectivity index (χ0v) is 11.3. The van der Waals surface area contributed by atoms with Gasteiger partial charge in [0.25, 0.3) is 5.56 Å². The van der Waals surface area contributed by atoms with Crippen molar-refractivity contribution in [2.75, 3.05) is 19.1 Å². The second-order valence-electron chi connectivity index (χ2n) is 3.86. The van der Waals surface area contributed by atoms with Gasteiger partial charge in [-0.2, -0.15) is 4.37 Å². The summed E-state index contributed by atoms with van der Waals surface area (Å²) in [5.41, 5.74) is -0.114. The fraction of sp³-hybridized carbons (Fsp3) is 0.364. The van der Waals surface area contributed by atoms with E-state index in [1.807, 2.05) is 13.1 Å². The molecule has 2 aromatic heterocycles. The Morgan fingerprint density at radius 2 is 2.33 bits per heavy atom. The maximum atomic E-state index is 11.9. The Labute approximate surface area is 109 Å². The van der Waals surface area contributed by atoms with Crippen LogP contribution in [0.3, 0.4) is 0 Å². The highest BCUT2D eigenvalue weighted by molar-refractivity contribution is 7.05. The van der Waals surface area contributed by atoms with Crippen molar-refractivity contribution in [3.8, 4) is 5.88 Å². The van der Waals surface area contributed by atoms with Crippen molar-refractivity contribution >= 4 is 17.4 Å². The lowest BCUT2D eigenvalue weighted by Gasteiger charge is -2.16. The number of rotatable bonds is 4. The third-order valence-electron chi connectivity index (χ3n) is 2.50. The molecule has 7 heteroatoms. The molecule has 0 saturated heterocycles. The number of nitrogens with zero attached hydrogens (tertiary/aromatic N) is 4. The van der Waals surface area contributed by atoms with Crippen molar-refractivity contribution in [1.82, 2.24) is 13.9 Å². The summed E-state index contributed by atoms with van der Waals surface area (Å²) < 4.78 is 10.6. The quantitative estimate of drug-likeness (QED) is 0.822. The number of ether oxygens (including phenoxy) is 1. The van der Waals surface area contributed by atoms with Crippen molar-refractivity contribution < 1.29 is 4.74 Å². The van der Waals surface area contributed by atoms with Crippen LogP contribution in [0, 0.1) is 0 Å². The molecule has 0 bridgehead atoms. The van der Waals surface area contributed by atoms with Gasteiger partial charge in [-0.25, -0.2) is 4.98 Å². The fourth-order valence-electron chi connectivity index (χ4n) is 1.52. The van der Waals surface area contributed by atoms with Crippen molar-refractivity contribution in [3.63, 3.8) is 0 Å². The van der Waals surface area contributed by atoms with E-state index >= 15 is 0 Å². The predicted molar refractivity (Wildman–Crippen MR) is 70.3 cm³/mol. The summed E-state index contributed by atoms with van der Waals surface area (Å²) in [6.07, 6.45) is 3.25. The molecule has 18 heavy (non-hydrogen) atoms. The summed E-state index contributed by atoms with van der Waals surface area (Å²) in [5.74, 6) is 1.02. The van der Waals surface area contributed by atoms with E-state index in [4.69, 9.17) is 4.74 Å². The molecule has 0 saturated carbocycles. The summed E-state index contributed by atoms with van der Waals surface area (Å²) in [5, 5.41) is 0. The molecule has 0 aliphatic rings. The number of aryl methyl sites for hydroxylation is 1. The minimum absolute atomic E-state index is 0.114. The average molecular weight is 266 g/mol. The summed E-state index contributed by atoms with van der Waals surface area (Å²) >= 11 is 1.35. The predicted octanol–water partition coefficient (Wildman–Crippen LogP) is 0.882. The second kappa shape index (κ2) is 5.18. The standard InChI is InChI=1S/C11H14N4O2S/c1-14-5-4-12-10(11(14)16)15(2)7-8-6-9(17-3)13-18-8/h4-6H,7H2,1-3H3. The summed E-state index contributed by atoms with van der Waals surface area (Å²) in [6, 6.07) is 1.86. The van der Waals surface area contributed by atoms with Crippen LogP contribution in [0.15, 0.2) is 23.3 Å². The molecule has 2 heterocycles. The van der Waals surface area contributed by atoms with Gasteiger partial charge >= 0.3 is 0 Å². The van der Waals surface area contributed by atoms with E-state index in [9.17, 15) is 4.79 Å². The van der Waals surface area contributed by atoms with E-state index in [0.29, 0.717) is 18.2 Å². The van der Waals surface area contributed by atoms with Crippen LogP contribution in [-0.2, 0) is 13.6 Å². The van der Waals surface area contributed by atoms with Crippen LogP contribution < -0.4 is 15.2 Å². The van der Waals surface area contributed by atoms with Crippen LogP contribution in [0.5, 0.6) is 5.88 Å². The third kappa shape index (κ3) is 2.51. The van der Waals surface area contributed by atoms with Crippen LogP contribution >= 0.6 is 11.5 Å². The lowest BCUT2D eigenvalue weighted by molar-refractivity contribution is 0.402. The minimum atomic E-state index is -0.114. The number of anilines is 1. The molecule has 0 spiro atoms. The molecule has 6 nitrogen and oxygen atoms in total. The van der Waals surface area contributed by atoms with Crippen molar-refractivity contribution in [2.24, 2.45) is 7.05 Å². The average Bonchev–Trinajstić information content (AvgIpc) is 2.80. The molecule has 96 valence electrons. The lowest BCUT2D eigenvalue weighted by Crippen LogP contribution is -2.28. The highest BCUT2D eigenvalue weighted by Crippen LogP contribution is 2.18. The molecule has 0 fully saturated rings. The monoisotopic (exact) mass is 266 g/mol. The molecule has 0 amide bonds. The molecule has 0 N–H and O–H groups in total. The van der Waals surface area contributed by atoms with Crippen LogP contribution in [0.25, 0.3) is 0 Å². The van der Waals surface area contributed by atoms with Gasteiger partial charge in [0.15, 0.2) is 5.82 Å². The number of hydrogen-bond acceptors (Lipinski definition) is 6. The molecule has 0 aliphatic heterocycles. The SMILES string of the molecule is COc1cc(CN(C)c2nccn(C)c2=O)sn1. The molecular formula is C11H14N4O2S. The van der Waals surface area contributed by atoms with Crippen LogP contribution in [-0.4, -0.2) is 28.1 Å². The Kier molecular flexibility index (Phi) is 3.61. The first-order chi connectivity index (χ1) is 8.61. The maximum Gasteiger partial charge on any atom is 0.293 e. The zero-order chi connectivity index (χ0) is 13.1. The highest BCUT2D eigenvalue weighted by atomic mass is 32.1. The first-order valence-corrected chi connectivity index (χ1v) is 6.11. The van der Waals surface area contributed by atoms with Gasteiger partial charge in [-0.1, -0.05) is 0 Å². The van der Waals surface area contributed by atoms with Gasteiger partial charge in [-0.15, -0.1) is 0 Å². The molecule has 0 unspecified atom stereocenters. The first kappa shape index (κ1) is 12.6. The van der Waals surface area contributed by atoms with Crippen LogP contribution in [0.4, 0.5) is 5.82 Å². The van der Waals surface area contributed by atoms with E-state index in [2.05, 4.69) is 9.36 Å². The summed E-state index contributed by atoms with van der Waals surface area (Å²) in [7, 11) is 5.12. The Balaban J connectivity index is 2.19. The van der Waals surface area contributed by atoms with Crippen LogP contribution in [0.2, 0.25) is 0 Å². The van der Waals surface area contributed by atoms with Gasteiger partial charge in [-0.05, 0) is 11.5 Å². The van der Waals surface area contributed by atoms with Gasteiger partial charge in [-0.3, -0.25) is 4.79 Å². The zero-order valence-electron chi connectivity index (χ0n) is 10.5. The Bertz CT molecular complexity index is 593. The Morgan fingerprint density at radius 3 is 3.00 bits per heavy atom. The van der Waals surface area contributed by atoms with E-state index in [-0.39, 0.29) is 5.56 Å². The molecule has 0 aromatic carbocycles. The fourth-order valence-corrected chi connectivity index (χ4v) is 2.26. The van der Waals surface area contributed by atoms with Gasteiger partial charge in [0.05, 0.1) is 13.7 Å². The number of aromatic nitrogens is 3. The molecule has 0 radical (unpaired) electrons. The Morgan fingerprint density at radius 1 is 1.56 bits per heavy atom. The van der Waals surface area contributed by atoms with Crippen molar-refractivity contribution in [3.05, 3.63) is 33.7 Å². The van der Waals surface area contributed by atoms with Gasteiger partial charge in [0, 0.05) is 37.4 Å². The first-order valence-electron chi connectivity index (χ1n) is 5.34. The van der Waals surface area contributed by atoms with E-state index < -0.39 is 0 Å². The van der Waals surface area contributed by atoms with E-state index in [0.717, 1.165) is 4.88 Å². The molecule has 0 aliphatic carbocycles.